The molecule has 0 spiro atoms. The summed E-state index contributed by atoms with van der Waals surface area (Å²) in [5.41, 5.74) is 1.83. The SMILES string of the molecule is COc1ccccc1-c1cc(-c2ccc(OC(F)(F)F)cc2)no1. The third kappa shape index (κ3) is 3.51. The lowest BCUT2D eigenvalue weighted by atomic mass is 10.1. The maximum Gasteiger partial charge on any atom is 0.573 e. The lowest BCUT2D eigenvalue weighted by Crippen LogP contribution is -2.16. The second-order valence-corrected chi connectivity index (χ2v) is 4.85. The molecule has 0 atom stereocenters. The van der Waals surface area contributed by atoms with Gasteiger partial charge in [-0.15, -0.1) is 13.2 Å². The van der Waals surface area contributed by atoms with E-state index in [9.17, 15) is 13.2 Å². The Labute approximate surface area is 135 Å². The van der Waals surface area contributed by atoms with Crippen molar-refractivity contribution in [1.29, 1.82) is 0 Å². The standard InChI is InChI=1S/C17H12F3NO3/c1-22-15-5-3-2-4-13(15)16-10-14(21-24-16)11-6-8-12(9-7-11)23-17(18,19)20/h2-10H,1H3. The predicted molar refractivity (Wildman–Crippen MR) is 80.6 cm³/mol. The Bertz CT molecular complexity index is 826. The first-order chi connectivity index (χ1) is 11.5. The van der Waals surface area contributed by atoms with Crippen LogP contribution in [-0.2, 0) is 0 Å². The van der Waals surface area contributed by atoms with Crippen LogP contribution in [0.25, 0.3) is 22.6 Å². The Morgan fingerprint density at radius 2 is 1.71 bits per heavy atom. The number of halogens is 3. The van der Waals surface area contributed by atoms with Gasteiger partial charge in [0.15, 0.2) is 5.76 Å². The highest BCUT2D eigenvalue weighted by Gasteiger charge is 2.31. The third-order valence-corrected chi connectivity index (χ3v) is 3.27. The van der Waals surface area contributed by atoms with Gasteiger partial charge in [-0.1, -0.05) is 17.3 Å². The van der Waals surface area contributed by atoms with Gasteiger partial charge in [-0.25, -0.2) is 0 Å². The first-order valence-corrected chi connectivity index (χ1v) is 6.92. The maximum atomic E-state index is 12.2. The Balaban J connectivity index is 1.85. The quantitative estimate of drug-likeness (QED) is 0.679. The number of ether oxygens (including phenoxy) is 2. The van der Waals surface area contributed by atoms with Crippen molar-refractivity contribution in [2.24, 2.45) is 0 Å². The van der Waals surface area contributed by atoms with Gasteiger partial charge in [0, 0.05) is 11.6 Å². The van der Waals surface area contributed by atoms with Crippen molar-refractivity contribution in [3.8, 4) is 34.1 Å². The number of benzene rings is 2. The monoisotopic (exact) mass is 335 g/mol. The molecule has 2 aromatic carbocycles. The molecule has 1 heterocycles. The van der Waals surface area contributed by atoms with E-state index in [0.29, 0.717) is 22.8 Å². The average Bonchev–Trinajstić information content (AvgIpc) is 3.04. The van der Waals surface area contributed by atoms with Gasteiger partial charge in [0.2, 0.25) is 0 Å². The number of hydrogen-bond acceptors (Lipinski definition) is 4. The third-order valence-electron chi connectivity index (χ3n) is 3.27. The molecule has 0 N–H and O–H groups in total. The molecule has 4 nitrogen and oxygen atoms in total. The molecule has 0 amide bonds. The molecule has 3 aromatic rings. The smallest absolute Gasteiger partial charge is 0.496 e. The fourth-order valence-corrected chi connectivity index (χ4v) is 2.21. The fourth-order valence-electron chi connectivity index (χ4n) is 2.21. The van der Waals surface area contributed by atoms with Crippen LogP contribution in [-0.4, -0.2) is 18.6 Å². The zero-order chi connectivity index (χ0) is 17.2. The van der Waals surface area contributed by atoms with Gasteiger partial charge >= 0.3 is 6.36 Å². The molecule has 124 valence electrons. The molecular formula is C17H12F3NO3. The number of alkyl halides is 3. The Hall–Kier alpha value is -2.96. The van der Waals surface area contributed by atoms with Crippen LogP contribution >= 0.6 is 0 Å². The van der Waals surface area contributed by atoms with Crippen LogP contribution in [0, 0.1) is 0 Å². The minimum Gasteiger partial charge on any atom is -0.496 e. The molecule has 0 fully saturated rings. The van der Waals surface area contributed by atoms with Crippen molar-refractivity contribution in [3.63, 3.8) is 0 Å². The van der Waals surface area contributed by atoms with E-state index in [1.807, 2.05) is 18.2 Å². The van der Waals surface area contributed by atoms with E-state index in [1.54, 1.807) is 19.2 Å². The highest BCUT2D eigenvalue weighted by atomic mass is 19.4. The van der Waals surface area contributed by atoms with Gasteiger partial charge < -0.3 is 14.0 Å². The molecule has 0 aliphatic rings. The van der Waals surface area contributed by atoms with Crippen LogP contribution in [0.5, 0.6) is 11.5 Å². The van der Waals surface area contributed by atoms with Crippen LogP contribution in [0.15, 0.2) is 59.1 Å². The summed E-state index contributed by atoms with van der Waals surface area (Å²) in [5, 5.41) is 3.95. The van der Waals surface area contributed by atoms with Crippen LogP contribution in [0.1, 0.15) is 0 Å². The van der Waals surface area contributed by atoms with Gasteiger partial charge in [0.1, 0.15) is 17.2 Å². The van der Waals surface area contributed by atoms with Gasteiger partial charge in [0.05, 0.1) is 12.7 Å². The number of para-hydroxylation sites is 1. The van der Waals surface area contributed by atoms with E-state index in [0.717, 1.165) is 5.56 Å². The molecule has 0 saturated carbocycles. The molecule has 0 saturated heterocycles. The van der Waals surface area contributed by atoms with Crippen LogP contribution in [0.3, 0.4) is 0 Å². The molecule has 24 heavy (non-hydrogen) atoms. The first-order valence-electron chi connectivity index (χ1n) is 6.92. The minimum atomic E-state index is -4.72. The fraction of sp³-hybridized carbons (Fsp3) is 0.118. The summed E-state index contributed by atoms with van der Waals surface area (Å²) < 4.78 is 50.9. The van der Waals surface area contributed by atoms with Crippen LogP contribution in [0.4, 0.5) is 13.2 Å². The second kappa shape index (κ2) is 6.27. The van der Waals surface area contributed by atoms with Crippen LogP contribution < -0.4 is 9.47 Å². The molecule has 0 bridgehead atoms. The summed E-state index contributed by atoms with van der Waals surface area (Å²) in [5.74, 6) is 0.840. The lowest BCUT2D eigenvalue weighted by molar-refractivity contribution is -0.274. The predicted octanol–water partition coefficient (Wildman–Crippen LogP) is 4.92. The highest BCUT2D eigenvalue weighted by Crippen LogP contribution is 2.33. The van der Waals surface area contributed by atoms with Crippen molar-refractivity contribution in [2.45, 2.75) is 6.36 Å². The van der Waals surface area contributed by atoms with E-state index >= 15 is 0 Å². The van der Waals surface area contributed by atoms with E-state index < -0.39 is 6.36 Å². The summed E-state index contributed by atoms with van der Waals surface area (Å²) in [6, 6.07) is 14.4. The summed E-state index contributed by atoms with van der Waals surface area (Å²) >= 11 is 0. The molecular weight excluding hydrogens is 323 g/mol. The summed E-state index contributed by atoms with van der Waals surface area (Å²) in [6.07, 6.45) is -4.72. The van der Waals surface area contributed by atoms with Crippen molar-refractivity contribution < 1.29 is 27.2 Å². The van der Waals surface area contributed by atoms with E-state index in [-0.39, 0.29) is 5.75 Å². The molecule has 0 aliphatic heterocycles. The number of nitrogens with zero attached hydrogens (tertiary/aromatic N) is 1. The normalized spacial score (nSPS) is 11.3. The van der Waals surface area contributed by atoms with Gasteiger partial charge in [0.25, 0.3) is 0 Å². The van der Waals surface area contributed by atoms with Crippen molar-refractivity contribution in [2.75, 3.05) is 7.11 Å². The van der Waals surface area contributed by atoms with Crippen molar-refractivity contribution in [3.05, 3.63) is 54.6 Å². The van der Waals surface area contributed by atoms with E-state index in [2.05, 4.69) is 9.89 Å². The highest BCUT2D eigenvalue weighted by molar-refractivity contribution is 5.71. The average molecular weight is 335 g/mol. The number of hydrogen-bond donors (Lipinski definition) is 0. The Morgan fingerprint density at radius 1 is 1.00 bits per heavy atom. The number of methoxy groups -OCH3 is 1. The first kappa shape index (κ1) is 15.9. The largest absolute Gasteiger partial charge is 0.573 e. The maximum absolute atomic E-state index is 12.2. The van der Waals surface area contributed by atoms with Crippen molar-refractivity contribution in [1.82, 2.24) is 5.16 Å². The molecule has 3 rings (SSSR count). The molecule has 1 aromatic heterocycles. The zero-order valence-corrected chi connectivity index (χ0v) is 12.5. The van der Waals surface area contributed by atoms with Gasteiger partial charge in [-0.3, -0.25) is 0 Å². The number of aromatic nitrogens is 1. The van der Waals surface area contributed by atoms with Crippen LogP contribution in [0.2, 0.25) is 0 Å². The summed E-state index contributed by atoms with van der Waals surface area (Å²) in [4.78, 5) is 0. The zero-order valence-electron chi connectivity index (χ0n) is 12.5. The summed E-state index contributed by atoms with van der Waals surface area (Å²) in [6.45, 7) is 0. The molecule has 7 heteroatoms. The van der Waals surface area contributed by atoms with E-state index in [4.69, 9.17) is 9.26 Å². The van der Waals surface area contributed by atoms with Crippen molar-refractivity contribution >= 4 is 0 Å². The Kier molecular flexibility index (Phi) is 4.16. The lowest BCUT2D eigenvalue weighted by Gasteiger charge is -2.08. The molecule has 0 aliphatic carbocycles. The van der Waals surface area contributed by atoms with E-state index in [1.165, 1.54) is 24.3 Å². The summed E-state index contributed by atoms with van der Waals surface area (Å²) in [7, 11) is 1.55. The Morgan fingerprint density at radius 3 is 2.38 bits per heavy atom. The minimum absolute atomic E-state index is 0.292. The molecule has 0 unspecified atom stereocenters. The number of rotatable bonds is 4. The molecule has 0 radical (unpaired) electrons. The van der Waals surface area contributed by atoms with Gasteiger partial charge in [-0.2, -0.15) is 0 Å². The topological polar surface area (TPSA) is 44.5 Å². The van der Waals surface area contributed by atoms with Gasteiger partial charge in [-0.05, 0) is 36.4 Å². The second-order valence-electron chi connectivity index (χ2n) is 4.85.